The van der Waals surface area contributed by atoms with E-state index in [1.807, 2.05) is 37.3 Å². The molecule has 1 aromatic heterocycles. The molecule has 0 bridgehead atoms. The standard InChI is InChI=1S/C15H15N3O/c1-10-2-5-15(19)12(6-10)8-16-13-3-4-14-11(7-13)9-17-18-14/h2-7,9,16,19H,8H2,1H3,(H,17,18). The van der Waals surface area contributed by atoms with Crippen molar-refractivity contribution in [2.45, 2.75) is 13.5 Å². The van der Waals surface area contributed by atoms with Crippen molar-refractivity contribution < 1.29 is 5.11 Å². The van der Waals surface area contributed by atoms with Gasteiger partial charge in [0.05, 0.1) is 11.7 Å². The van der Waals surface area contributed by atoms with E-state index in [9.17, 15) is 5.11 Å². The Morgan fingerprint density at radius 1 is 1.21 bits per heavy atom. The average Bonchev–Trinajstić information content (AvgIpc) is 2.87. The molecule has 1 heterocycles. The molecule has 0 saturated carbocycles. The van der Waals surface area contributed by atoms with Crippen LogP contribution in [0.2, 0.25) is 0 Å². The van der Waals surface area contributed by atoms with E-state index in [0.717, 1.165) is 27.7 Å². The number of hydrogen-bond donors (Lipinski definition) is 3. The molecule has 4 nitrogen and oxygen atoms in total. The number of fused-ring (bicyclic) bond motifs is 1. The van der Waals surface area contributed by atoms with E-state index in [0.29, 0.717) is 12.3 Å². The van der Waals surface area contributed by atoms with Crippen molar-refractivity contribution in [2.24, 2.45) is 0 Å². The number of hydrogen-bond acceptors (Lipinski definition) is 3. The lowest BCUT2D eigenvalue weighted by Gasteiger charge is -2.09. The summed E-state index contributed by atoms with van der Waals surface area (Å²) >= 11 is 0. The molecular formula is C15H15N3O. The lowest BCUT2D eigenvalue weighted by molar-refractivity contribution is 0.469. The first-order chi connectivity index (χ1) is 9.22. The second-order valence-corrected chi connectivity index (χ2v) is 4.66. The van der Waals surface area contributed by atoms with Crippen LogP contribution in [0.1, 0.15) is 11.1 Å². The Labute approximate surface area is 111 Å². The second-order valence-electron chi connectivity index (χ2n) is 4.66. The average molecular weight is 253 g/mol. The number of aromatic amines is 1. The SMILES string of the molecule is Cc1ccc(O)c(CNc2ccc3[nH]ncc3c2)c1. The Balaban J connectivity index is 1.79. The van der Waals surface area contributed by atoms with E-state index < -0.39 is 0 Å². The zero-order valence-electron chi connectivity index (χ0n) is 10.6. The Kier molecular flexibility index (Phi) is 2.83. The van der Waals surface area contributed by atoms with Gasteiger partial charge in [0.15, 0.2) is 0 Å². The molecule has 0 saturated heterocycles. The summed E-state index contributed by atoms with van der Waals surface area (Å²) in [6, 6.07) is 11.6. The smallest absolute Gasteiger partial charge is 0.120 e. The highest BCUT2D eigenvalue weighted by Crippen LogP contribution is 2.21. The molecule has 0 aliphatic rings. The molecule has 0 radical (unpaired) electrons. The molecule has 96 valence electrons. The molecule has 4 heteroatoms. The van der Waals surface area contributed by atoms with Gasteiger partial charge in [-0.1, -0.05) is 17.7 Å². The monoisotopic (exact) mass is 253 g/mol. The minimum Gasteiger partial charge on any atom is -0.508 e. The minimum atomic E-state index is 0.322. The molecule has 0 amide bonds. The minimum absolute atomic E-state index is 0.322. The first-order valence-electron chi connectivity index (χ1n) is 6.18. The van der Waals surface area contributed by atoms with Crippen molar-refractivity contribution in [1.29, 1.82) is 0 Å². The molecule has 3 N–H and O–H groups in total. The molecule has 0 aliphatic carbocycles. The van der Waals surface area contributed by atoms with Crippen LogP contribution in [-0.4, -0.2) is 15.3 Å². The van der Waals surface area contributed by atoms with Crippen LogP contribution in [0.4, 0.5) is 5.69 Å². The van der Waals surface area contributed by atoms with Gasteiger partial charge in [-0.2, -0.15) is 5.10 Å². The lowest BCUT2D eigenvalue weighted by Crippen LogP contribution is -1.99. The van der Waals surface area contributed by atoms with Crippen molar-refractivity contribution in [3.8, 4) is 5.75 Å². The maximum atomic E-state index is 9.80. The summed E-state index contributed by atoms with van der Waals surface area (Å²) < 4.78 is 0. The highest BCUT2D eigenvalue weighted by molar-refractivity contribution is 5.81. The van der Waals surface area contributed by atoms with Crippen molar-refractivity contribution in [1.82, 2.24) is 10.2 Å². The number of aromatic hydroxyl groups is 1. The van der Waals surface area contributed by atoms with Crippen molar-refractivity contribution in [3.05, 3.63) is 53.7 Å². The summed E-state index contributed by atoms with van der Waals surface area (Å²) in [5.41, 5.74) is 4.06. The van der Waals surface area contributed by atoms with Crippen LogP contribution < -0.4 is 5.32 Å². The van der Waals surface area contributed by atoms with Crippen LogP contribution in [0.5, 0.6) is 5.75 Å². The molecule has 0 spiro atoms. The van der Waals surface area contributed by atoms with Crippen molar-refractivity contribution >= 4 is 16.6 Å². The van der Waals surface area contributed by atoms with Gasteiger partial charge >= 0.3 is 0 Å². The zero-order chi connectivity index (χ0) is 13.2. The molecular weight excluding hydrogens is 238 g/mol. The van der Waals surface area contributed by atoms with E-state index in [2.05, 4.69) is 15.5 Å². The molecule has 0 aliphatic heterocycles. The Morgan fingerprint density at radius 3 is 3.00 bits per heavy atom. The van der Waals surface area contributed by atoms with E-state index in [1.54, 1.807) is 12.3 Å². The molecule has 3 rings (SSSR count). The lowest BCUT2D eigenvalue weighted by atomic mass is 10.1. The molecule has 2 aromatic carbocycles. The number of nitrogens with one attached hydrogen (secondary N) is 2. The van der Waals surface area contributed by atoms with Gasteiger partial charge < -0.3 is 10.4 Å². The van der Waals surface area contributed by atoms with Crippen LogP contribution in [0.3, 0.4) is 0 Å². The first kappa shape index (κ1) is 11.6. The van der Waals surface area contributed by atoms with Gasteiger partial charge in [0.1, 0.15) is 5.75 Å². The normalized spacial score (nSPS) is 10.8. The van der Waals surface area contributed by atoms with Gasteiger partial charge in [0, 0.05) is 23.2 Å². The quantitative estimate of drug-likeness (QED) is 0.671. The van der Waals surface area contributed by atoms with Gasteiger partial charge in [0.2, 0.25) is 0 Å². The Hall–Kier alpha value is -2.49. The maximum absolute atomic E-state index is 9.80. The second kappa shape index (κ2) is 4.65. The highest BCUT2D eigenvalue weighted by Gasteiger charge is 2.02. The van der Waals surface area contributed by atoms with E-state index >= 15 is 0 Å². The number of H-pyrrole nitrogens is 1. The topological polar surface area (TPSA) is 60.9 Å². The number of benzene rings is 2. The van der Waals surface area contributed by atoms with Crippen LogP contribution in [0.15, 0.2) is 42.6 Å². The summed E-state index contributed by atoms with van der Waals surface area (Å²) in [6.45, 7) is 2.61. The summed E-state index contributed by atoms with van der Waals surface area (Å²) in [5.74, 6) is 0.322. The fourth-order valence-electron chi connectivity index (χ4n) is 2.11. The van der Waals surface area contributed by atoms with Crippen molar-refractivity contribution in [2.75, 3.05) is 5.32 Å². The number of nitrogens with zero attached hydrogens (tertiary/aromatic N) is 1. The molecule has 0 fully saturated rings. The van der Waals surface area contributed by atoms with Gasteiger partial charge in [0.25, 0.3) is 0 Å². The third-order valence-corrected chi connectivity index (χ3v) is 3.16. The predicted molar refractivity (Wildman–Crippen MR) is 76.3 cm³/mol. The van der Waals surface area contributed by atoms with Crippen LogP contribution in [0.25, 0.3) is 10.9 Å². The van der Waals surface area contributed by atoms with Crippen LogP contribution >= 0.6 is 0 Å². The summed E-state index contributed by atoms with van der Waals surface area (Å²) in [7, 11) is 0. The fraction of sp³-hybridized carbons (Fsp3) is 0.133. The summed E-state index contributed by atoms with van der Waals surface area (Å²) in [6.07, 6.45) is 1.80. The molecule has 0 atom stereocenters. The zero-order valence-corrected chi connectivity index (χ0v) is 10.6. The van der Waals surface area contributed by atoms with Gasteiger partial charge in [-0.3, -0.25) is 5.10 Å². The van der Waals surface area contributed by atoms with E-state index in [-0.39, 0.29) is 0 Å². The number of anilines is 1. The van der Waals surface area contributed by atoms with Gasteiger partial charge in [-0.25, -0.2) is 0 Å². The number of aromatic nitrogens is 2. The highest BCUT2D eigenvalue weighted by atomic mass is 16.3. The molecule has 19 heavy (non-hydrogen) atoms. The number of phenols is 1. The third-order valence-electron chi connectivity index (χ3n) is 3.16. The number of aryl methyl sites for hydroxylation is 1. The maximum Gasteiger partial charge on any atom is 0.120 e. The fourth-order valence-corrected chi connectivity index (χ4v) is 2.11. The van der Waals surface area contributed by atoms with Crippen LogP contribution in [0, 0.1) is 6.92 Å². The van der Waals surface area contributed by atoms with Crippen molar-refractivity contribution in [3.63, 3.8) is 0 Å². The van der Waals surface area contributed by atoms with Crippen LogP contribution in [-0.2, 0) is 6.54 Å². The van der Waals surface area contributed by atoms with E-state index in [1.165, 1.54) is 0 Å². The largest absolute Gasteiger partial charge is 0.508 e. The van der Waals surface area contributed by atoms with E-state index in [4.69, 9.17) is 0 Å². The Bertz CT molecular complexity index is 718. The first-order valence-corrected chi connectivity index (χ1v) is 6.18. The number of phenolic OH excluding ortho intramolecular Hbond substituents is 1. The molecule has 3 aromatic rings. The third kappa shape index (κ3) is 2.38. The summed E-state index contributed by atoms with van der Waals surface area (Å²) in [4.78, 5) is 0. The van der Waals surface area contributed by atoms with Gasteiger partial charge in [-0.15, -0.1) is 0 Å². The number of rotatable bonds is 3. The summed E-state index contributed by atoms with van der Waals surface area (Å²) in [5, 5.41) is 21.1. The predicted octanol–water partition coefficient (Wildman–Crippen LogP) is 3.19. The van der Waals surface area contributed by atoms with Gasteiger partial charge in [-0.05, 0) is 31.2 Å². The Morgan fingerprint density at radius 2 is 2.11 bits per heavy atom. The molecule has 0 unspecified atom stereocenters.